The second-order valence-corrected chi connectivity index (χ2v) is 10.6. The number of nitrogens with one attached hydrogen (secondary N) is 1. The SMILES string of the molecule is COc1cc(/C=C2\SC(=S)N(Cc3ccccc3)C2=O)ccc1OCC(=O)Nc1ccc(Br)c(Cl)c1. The first-order valence-corrected chi connectivity index (χ1v) is 13.1. The number of methoxy groups -OCH3 is 1. The molecular weight excluding hydrogens is 584 g/mol. The monoisotopic (exact) mass is 602 g/mol. The molecule has 0 unspecified atom stereocenters. The van der Waals surface area contributed by atoms with E-state index in [-0.39, 0.29) is 18.4 Å². The molecule has 0 aromatic heterocycles. The average Bonchev–Trinajstić information content (AvgIpc) is 3.13. The Morgan fingerprint density at radius 3 is 2.64 bits per heavy atom. The number of thiocarbonyl (C=S) groups is 1. The summed E-state index contributed by atoms with van der Waals surface area (Å²) in [5, 5.41) is 3.22. The highest BCUT2D eigenvalue weighted by Gasteiger charge is 2.32. The molecule has 4 rings (SSSR count). The summed E-state index contributed by atoms with van der Waals surface area (Å²) in [4.78, 5) is 27.4. The van der Waals surface area contributed by atoms with Gasteiger partial charge in [0.05, 0.1) is 23.6 Å². The molecule has 3 aromatic rings. The molecular formula is C26H20BrClN2O4S2. The molecule has 1 aliphatic rings. The Bertz CT molecular complexity index is 1350. The Morgan fingerprint density at radius 1 is 1.14 bits per heavy atom. The van der Waals surface area contributed by atoms with E-state index in [9.17, 15) is 9.59 Å². The van der Waals surface area contributed by atoms with Gasteiger partial charge < -0.3 is 14.8 Å². The van der Waals surface area contributed by atoms with Crippen LogP contribution in [0.3, 0.4) is 0 Å². The van der Waals surface area contributed by atoms with Crippen molar-refractivity contribution in [2.75, 3.05) is 19.0 Å². The fraction of sp³-hybridized carbons (Fsp3) is 0.115. The predicted molar refractivity (Wildman–Crippen MR) is 151 cm³/mol. The molecule has 0 atom stereocenters. The van der Waals surface area contributed by atoms with Gasteiger partial charge >= 0.3 is 0 Å². The number of amides is 2. The predicted octanol–water partition coefficient (Wildman–Crippen LogP) is 6.53. The molecule has 1 heterocycles. The lowest BCUT2D eigenvalue weighted by Gasteiger charge is -2.14. The molecule has 0 spiro atoms. The van der Waals surface area contributed by atoms with Gasteiger partial charge in [0.2, 0.25) is 0 Å². The second-order valence-electron chi connectivity index (χ2n) is 7.63. The summed E-state index contributed by atoms with van der Waals surface area (Å²) >= 11 is 16.1. The van der Waals surface area contributed by atoms with Gasteiger partial charge in [-0.3, -0.25) is 14.5 Å². The van der Waals surface area contributed by atoms with Crippen LogP contribution in [0.5, 0.6) is 11.5 Å². The zero-order valence-electron chi connectivity index (χ0n) is 19.0. The lowest BCUT2D eigenvalue weighted by molar-refractivity contribution is -0.122. The van der Waals surface area contributed by atoms with Crippen molar-refractivity contribution in [3.63, 3.8) is 0 Å². The average molecular weight is 604 g/mol. The number of carbonyl (C=O) groups excluding carboxylic acids is 2. The minimum Gasteiger partial charge on any atom is -0.493 e. The molecule has 2 amide bonds. The fourth-order valence-corrected chi connectivity index (χ4v) is 5.04. The number of hydrogen-bond donors (Lipinski definition) is 1. The van der Waals surface area contributed by atoms with Crippen LogP contribution in [0, 0.1) is 0 Å². The van der Waals surface area contributed by atoms with Gasteiger partial charge in [-0.2, -0.15) is 0 Å². The second kappa shape index (κ2) is 11.9. The molecule has 1 aliphatic heterocycles. The van der Waals surface area contributed by atoms with E-state index in [1.54, 1.807) is 47.4 Å². The normalized spacial score (nSPS) is 14.3. The molecule has 6 nitrogen and oxygen atoms in total. The summed E-state index contributed by atoms with van der Waals surface area (Å²) in [6.07, 6.45) is 1.76. The van der Waals surface area contributed by atoms with E-state index in [1.807, 2.05) is 30.3 Å². The maximum Gasteiger partial charge on any atom is 0.266 e. The van der Waals surface area contributed by atoms with Crippen molar-refractivity contribution in [2.45, 2.75) is 6.54 Å². The lowest BCUT2D eigenvalue weighted by atomic mass is 10.1. The fourth-order valence-electron chi connectivity index (χ4n) is 3.36. The molecule has 3 aromatic carbocycles. The molecule has 36 heavy (non-hydrogen) atoms. The molecule has 1 saturated heterocycles. The van der Waals surface area contributed by atoms with Gasteiger partial charge in [0.15, 0.2) is 18.1 Å². The van der Waals surface area contributed by atoms with Gasteiger partial charge in [-0.15, -0.1) is 0 Å². The number of halogens is 2. The zero-order valence-corrected chi connectivity index (χ0v) is 23.0. The van der Waals surface area contributed by atoms with Crippen LogP contribution >= 0.6 is 51.5 Å². The summed E-state index contributed by atoms with van der Waals surface area (Å²) in [6, 6.07) is 20.0. The van der Waals surface area contributed by atoms with Crippen LogP contribution in [0.15, 0.2) is 76.1 Å². The Hall–Kier alpha value is -2.85. The summed E-state index contributed by atoms with van der Waals surface area (Å²) in [5.74, 6) is 0.345. The molecule has 1 N–H and O–H groups in total. The van der Waals surface area contributed by atoms with Gasteiger partial charge in [-0.1, -0.05) is 72.0 Å². The minimum atomic E-state index is -0.346. The Balaban J connectivity index is 1.41. The lowest BCUT2D eigenvalue weighted by Crippen LogP contribution is -2.27. The van der Waals surface area contributed by atoms with E-state index < -0.39 is 0 Å². The first-order valence-electron chi connectivity index (χ1n) is 10.7. The first kappa shape index (κ1) is 26.2. The largest absolute Gasteiger partial charge is 0.493 e. The Kier molecular flexibility index (Phi) is 8.68. The van der Waals surface area contributed by atoms with Gasteiger partial charge in [-0.25, -0.2) is 0 Å². The van der Waals surface area contributed by atoms with Crippen molar-refractivity contribution >= 4 is 79.4 Å². The van der Waals surface area contributed by atoms with Gasteiger partial charge in [0.1, 0.15) is 4.32 Å². The molecule has 10 heteroatoms. The molecule has 0 saturated carbocycles. The van der Waals surface area contributed by atoms with Crippen molar-refractivity contribution in [3.05, 3.63) is 92.3 Å². The molecule has 0 radical (unpaired) electrons. The van der Waals surface area contributed by atoms with Crippen molar-refractivity contribution in [2.24, 2.45) is 0 Å². The highest BCUT2D eigenvalue weighted by Crippen LogP contribution is 2.35. The third kappa shape index (κ3) is 6.47. The van der Waals surface area contributed by atoms with Crippen molar-refractivity contribution in [1.29, 1.82) is 0 Å². The van der Waals surface area contributed by atoms with Gasteiger partial charge in [0, 0.05) is 10.2 Å². The van der Waals surface area contributed by atoms with Gasteiger partial charge in [-0.05, 0) is 63.5 Å². The Labute approximate surface area is 231 Å². The van der Waals surface area contributed by atoms with Crippen molar-refractivity contribution < 1.29 is 19.1 Å². The van der Waals surface area contributed by atoms with E-state index in [1.165, 1.54) is 18.9 Å². The summed E-state index contributed by atoms with van der Waals surface area (Å²) in [6.45, 7) is 0.203. The van der Waals surface area contributed by atoms with E-state index in [0.29, 0.717) is 38.0 Å². The third-order valence-electron chi connectivity index (χ3n) is 5.10. The van der Waals surface area contributed by atoms with Crippen molar-refractivity contribution in [3.8, 4) is 11.5 Å². The smallest absolute Gasteiger partial charge is 0.266 e. The molecule has 1 fully saturated rings. The number of thioether (sulfide) groups is 1. The topological polar surface area (TPSA) is 67.9 Å². The highest BCUT2D eigenvalue weighted by atomic mass is 79.9. The van der Waals surface area contributed by atoms with Crippen LogP contribution in [0.2, 0.25) is 5.02 Å². The summed E-state index contributed by atoms with van der Waals surface area (Å²) < 4.78 is 12.4. The quantitative estimate of drug-likeness (QED) is 0.233. The van der Waals surface area contributed by atoms with Crippen LogP contribution < -0.4 is 14.8 Å². The maximum atomic E-state index is 13.0. The van der Waals surface area contributed by atoms with E-state index >= 15 is 0 Å². The van der Waals surface area contributed by atoms with Crippen LogP contribution in [0.25, 0.3) is 6.08 Å². The number of rotatable bonds is 8. The molecule has 184 valence electrons. The number of nitrogens with zero attached hydrogens (tertiary/aromatic N) is 1. The number of carbonyl (C=O) groups is 2. The van der Waals surface area contributed by atoms with Crippen LogP contribution in [0.4, 0.5) is 5.69 Å². The van der Waals surface area contributed by atoms with Gasteiger partial charge in [0.25, 0.3) is 11.8 Å². The molecule has 0 aliphatic carbocycles. The summed E-state index contributed by atoms with van der Waals surface area (Å²) in [5.41, 5.74) is 2.31. The summed E-state index contributed by atoms with van der Waals surface area (Å²) in [7, 11) is 1.51. The Morgan fingerprint density at radius 2 is 1.92 bits per heavy atom. The standard InChI is InChI=1S/C26H20BrClN2O4S2/c1-33-22-11-17(12-23-25(32)30(26(35)36-23)14-16-5-3-2-4-6-16)7-10-21(22)34-15-24(31)29-18-8-9-19(27)20(28)13-18/h2-13H,14-15H2,1H3,(H,29,31)/b23-12-. The van der Waals surface area contributed by atoms with Crippen molar-refractivity contribution in [1.82, 2.24) is 4.90 Å². The molecule has 0 bridgehead atoms. The number of anilines is 1. The van der Waals surface area contributed by atoms with Crippen LogP contribution in [-0.4, -0.2) is 34.8 Å². The number of ether oxygens (including phenoxy) is 2. The number of hydrogen-bond acceptors (Lipinski definition) is 6. The van der Waals surface area contributed by atoms with E-state index in [0.717, 1.165) is 15.6 Å². The minimum absolute atomic E-state index is 0.141. The number of benzene rings is 3. The van der Waals surface area contributed by atoms with E-state index in [4.69, 9.17) is 33.3 Å². The highest BCUT2D eigenvalue weighted by molar-refractivity contribution is 9.10. The van der Waals surface area contributed by atoms with E-state index in [2.05, 4.69) is 21.2 Å². The van der Waals surface area contributed by atoms with Crippen LogP contribution in [-0.2, 0) is 16.1 Å². The third-order valence-corrected chi connectivity index (χ3v) is 7.71. The first-order chi connectivity index (χ1) is 17.3. The van der Waals surface area contributed by atoms with Crippen LogP contribution in [0.1, 0.15) is 11.1 Å². The maximum absolute atomic E-state index is 13.0. The zero-order chi connectivity index (χ0) is 25.7.